The lowest BCUT2D eigenvalue weighted by Crippen LogP contribution is -2.48. The van der Waals surface area contributed by atoms with Gasteiger partial charge in [0.2, 0.25) is 0 Å². The lowest BCUT2D eigenvalue weighted by atomic mass is 9.74. The molecule has 0 unspecified atom stereocenters. The van der Waals surface area contributed by atoms with E-state index < -0.39 is 0 Å². The Morgan fingerprint density at radius 3 is 2.83 bits per heavy atom. The summed E-state index contributed by atoms with van der Waals surface area (Å²) in [5.74, 6) is 0.947. The van der Waals surface area contributed by atoms with Crippen LogP contribution in [0.2, 0.25) is 5.02 Å². The van der Waals surface area contributed by atoms with Crippen LogP contribution in [0.3, 0.4) is 0 Å². The maximum absolute atomic E-state index is 13.0. The molecule has 2 fully saturated rings. The molecular weight excluding hydrogens is 484 g/mol. The van der Waals surface area contributed by atoms with Crippen molar-refractivity contribution >= 4 is 46.8 Å². The summed E-state index contributed by atoms with van der Waals surface area (Å²) in [4.78, 5) is 29.1. The average Bonchev–Trinajstić information content (AvgIpc) is 3.21. The molecule has 0 amide bonds. The third kappa shape index (κ3) is 5.48. The minimum absolute atomic E-state index is 0.199. The molecule has 1 aromatic heterocycles. The Labute approximate surface area is 215 Å². The second-order valence-electron chi connectivity index (χ2n) is 9.26. The number of rotatable bonds is 7. The Hall–Kier alpha value is -2.20. The number of aromatic nitrogens is 2. The highest BCUT2D eigenvalue weighted by atomic mass is 35.5. The summed E-state index contributed by atoms with van der Waals surface area (Å²) >= 11 is 7.98. The molecule has 2 aliphatic rings. The highest BCUT2D eigenvalue weighted by molar-refractivity contribution is 8.03. The molecule has 2 aromatic rings. The Bertz CT molecular complexity index is 1200. The second-order valence-corrected chi connectivity index (χ2v) is 10.7. The van der Waals surface area contributed by atoms with Gasteiger partial charge in [-0.2, -0.15) is 0 Å². The zero-order valence-corrected chi connectivity index (χ0v) is 21.9. The summed E-state index contributed by atoms with van der Waals surface area (Å²) < 4.78 is 6.58. The molecule has 4 rings (SSSR count). The number of thioether (sulfide) groups is 1. The zero-order valence-electron chi connectivity index (χ0n) is 20.4. The molecule has 10 heteroatoms. The van der Waals surface area contributed by atoms with Crippen LogP contribution in [0.5, 0.6) is 0 Å². The predicted octanol–water partition coefficient (Wildman–Crippen LogP) is 4.30. The number of likely N-dealkylation sites (tertiary alicyclic amines) is 1. The number of hydrogen-bond donors (Lipinski definition) is 1. The number of halogens is 1. The van der Waals surface area contributed by atoms with Gasteiger partial charge in [-0.05, 0) is 56.9 Å². The van der Waals surface area contributed by atoms with E-state index in [1.807, 2.05) is 13.0 Å². The normalized spacial score (nSPS) is 20.7. The predicted molar refractivity (Wildman–Crippen MR) is 145 cm³/mol. The van der Waals surface area contributed by atoms with Crippen molar-refractivity contribution in [2.45, 2.75) is 56.5 Å². The molecule has 2 N–H and O–H groups in total. The van der Waals surface area contributed by atoms with Crippen LogP contribution in [0.25, 0.3) is 10.9 Å². The van der Waals surface area contributed by atoms with E-state index in [9.17, 15) is 4.79 Å². The molecular formula is C25H33ClN6O2S. The molecule has 1 spiro atoms. The van der Waals surface area contributed by atoms with Gasteiger partial charge in [-0.15, -0.1) is 0 Å². The van der Waals surface area contributed by atoms with Gasteiger partial charge in [0, 0.05) is 31.1 Å². The summed E-state index contributed by atoms with van der Waals surface area (Å²) in [5.41, 5.74) is 7.09. The maximum atomic E-state index is 13.0. The van der Waals surface area contributed by atoms with Crippen molar-refractivity contribution in [3.05, 3.63) is 45.1 Å². The van der Waals surface area contributed by atoms with Gasteiger partial charge >= 0.3 is 0 Å². The van der Waals surface area contributed by atoms with E-state index in [1.165, 1.54) is 35.5 Å². The molecule has 8 nitrogen and oxygen atoms in total. The molecule has 1 aliphatic heterocycles. The smallest absolute Gasteiger partial charge is 0.262 e. The number of methoxy groups -OCH3 is 1. The summed E-state index contributed by atoms with van der Waals surface area (Å²) in [5, 5.41) is 1.33. The van der Waals surface area contributed by atoms with Gasteiger partial charge in [0.05, 0.1) is 41.6 Å². The molecule has 35 heavy (non-hydrogen) atoms. The van der Waals surface area contributed by atoms with Crippen LogP contribution in [0.15, 0.2) is 49.4 Å². The largest absolute Gasteiger partial charge is 0.383 e. The summed E-state index contributed by atoms with van der Waals surface area (Å²) in [6, 6.07) is 3.96. The number of benzene rings is 1. The van der Waals surface area contributed by atoms with Crippen LogP contribution in [-0.2, 0) is 11.3 Å². The van der Waals surface area contributed by atoms with E-state index in [4.69, 9.17) is 22.1 Å². The molecule has 0 radical (unpaired) electrons. The second kappa shape index (κ2) is 11.2. The van der Waals surface area contributed by atoms with Crippen molar-refractivity contribution in [2.75, 3.05) is 26.8 Å². The highest BCUT2D eigenvalue weighted by Crippen LogP contribution is 2.45. The zero-order chi connectivity index (χ0) is 25.0. The quantitative estimate of drug-likeness (QED) is 0.334. The van der Waals surface area contributed by atoms with Crippen molar-refractivity contribution in [3.8, 4) is 0 Å². The van der Waals surface area contributed by atoms with Crippen molar-refractivity contribution in [1.29, 1.82) is 0 Å². The number of piperidine rings is 1. The van der Waals surface area contributed by atoms with Crippen LogP contribution in [0.1, 0.15) is 39.0 Å². The molecule has 1 saturated heterocycles. The minimum atomic E-state index is -0.199. The van der Waals surface area contributed by atoms with Gasteiger partial charge in [0.25, 0.3) is 5.56 Å². The van der Waals surface area contributed by atoms with Gasteiger partial charge in [-0.25, -0.2) is 9.98 Å². The number of aliphatic imine (C=N–C) groups is 2. The summed E-state index contributed by atoms with van der Waals surface area (Å²) in [6.07, 6.45) is 9.11. The molecule has 2 heterocycles. The lowest BCUT2D eigenvalue weighted by molar-refractivity contribution is 0.135. The number of nitrogens with zero attached hydrogens (tertiary/aromatic N) is 5. The Balaban J connectivity index is 1.50. The standard InChI is InChI=1S/C25H33ClN6O2S/c1-17(31-11-9-25(10-12-31)8-4-5-20(25)27)29-15-21(28-2)35-19-7-6-18-22(23(19)26)24(33)32(16-30-18)13-14-34-3/h6-7,15-16,20H,2,4-5,8-14,27H2,1,3H3/b21-15+,29-17?/t20-/m1/s1. The first kappa shape index (κ1) is 25.9. The fourth-order valence-corrected chi connectivity index (χ4v) is 6.20. The van der Waals surface area contributed by atoms with Crippen LogP contribution in [0, 0.1) is 5.41 Å². The van der Waals surface area contributed by atoms with Crippen LogP contribution in [-0.4, -0.2) is 59.9 Å². The Morgan fingerprint density at radius 1 is 1.40 bits per heavy atom. The lowest BCUT2D eigenvalue weighted by Gasteiger charge is -2.42. The molecule has 188 valence electrons. The number of amidine groups is 1. The Morgan fingerprint density at radius 2 is 2.17 bits per heavy atom. The number of ether oxygens (including phenoxy) is 1. The van der Waals surface area contributed by atoms with E-state index in [-0.39, 0.29) is 5.56 Å². The number of fused-ring (bicyclic) bond motifs is 1. The summed E-state index contributed by atoms with van der Waals surface area (Å²) in [7, 11) is 1.59. The van der Waals surface area contributed by atoms with Crippen molar-refractivity contribution in [3.63, 3.8) is 0 Å². The van der Waals surface area contributed by atoms with Gasteiger partial charge in [0.15, 0.2) is 0 Å². The third-order valence-electron chi connectivity index (χ3n) is 7.36. The molecule has 0 bridgehead atoms. The van der Waals surface area contributed by atoms with E-state index in [2.05, 4.69) is 26.6 Å². The molecule has 1 aliphatic carbocycles. The minimum Gasteiger partial charge on any atom is -0.383 e. The average molecular weight is 517 g/mol. The number of nitrogens with two attached hydrogens (primary N) is 1. The van der Waals surface area contributed by atoms with Gasteiger partial charge in [0.1, 0.15) is 10.9 Å². The van der Waals surface area contributed by atoms with E-state index in [1.54, 1.807) is 19.4 Å². The summed E-state index contributed by atoms with van der Waals surface area (Å²) in [6.45, 7) is 8.47. The molecule has 1 saturated carbocycles. The van der Waals surface area contributed by atoms with E-state index in [0.717, 1.165) is 38.2 Å². The maximum Gasteiger partial charge on any atom is 0.262 e. The van der Waals surface area contributed by atoms with E-state index in [0.29, 0.717) is 50.5 Å². The first-order valence-corrected chi connectivity index (χ1v) is 13.1. The van der Waals surface area contributed by atoms with Crippen molar-refractivity contribution in [1.82, 2.24) is 14.5 Å². The topological polar surface area (TPSA) is 98.1 Å². The fourth-order valence-electron chi connectivity index (χ4n) is 5.12. The van der Waals surface area contributed by atoms with Crippen LogP contribution < -0.4 is 11.3 Å². The van der Waals surface area contributed by atoms with Crippen LogP contribution >= 0.6 is 23.4 Å². The van der Waals surface area contributed by atoms with E-state index >= 15 is 0 Å². The fraction of sp³-hybridized carbons (Fsp3) is 0.520. The van der Waals surface area contributed by atoms with Gasteiger partial charge in [-0.1, -0.05) is 29.8 Å². The molecule has 1 aromatic carbocycles. The third-order valence-corrected chi connectivity index (χ3v) is 8.87. The monoisotopic (exact) mass is 516 g/mol. The Kier molecular flexibility index (Phi) is 8.31. The van der Waals surface area contributed by atoms with Gasteiger partial charge < -0.3 is 15.4 Å². The van der Waals surface area contributed by atoms with Crippen LogP contribution in [0.4, 0.5) is 0 Å². The highest BCUT2D eigenvalue weighted by Gasteiger charge is 2.42. The molecule has 1 atom stereocenters. The number of hydrogen-bond acceptors (Lipinski definition) is 7. The van der Waals surface area contributed by atoms with Crippen molar-refractivity contribution < 1.29 is 4.74 Å². The first-order valence-electron chi connectivity index (χ1n) is 11.9. The SMILES string of the molecule is C=N/C(=C\N=C(C)N1CCC2(CCC[C@H]2N)CC1)Sc1ccc2ncn(CCOC)c(=O)c2c1Cl. The van der Waals surface area contributed by atoms with Crippen molar-refractivity contribution in [2.24, 2.45) is 21.1 Å². The first-order chi connectivity index (χ1) is 16.9. The van der Waals surface area contributed by atoms with Gasteiger partial charge in [-0.3, -0.25) is 14.4 Å².